The Bertz CT molecular complexity index is 698. The van der Waals surface area contributed by atoms with Crippen molar-refractivity contribution in [3.63, 3.8) is 0 Å². The first-order valence-corrected chi connectivity index (χ1v) is 7.65. The van der Waals surface area contributed by atoms with Crippen LogP contribution in [0.4, 0.5) is 5.88 Å². The minimum absolute atomic E-state index is 0.163. The summed E-state index contributed by atoms with van der Waals surface area (Å²) in [5.41, 5.74) is 1.81. The Labute approximate surface area is 134 Å². The summed E-state index contributed by atoms with van der Waals surface area (Å²) in [6.45, 7) is 2.17. The summed E-state index contributed by atoms with van der Waals surface area (Å²) in [4.78, 5) is 22.0. The molecule has 0 unspecified atom stereocenters. The summed E-state index contributed by atoms with van der Waals surface area (Å²) >= 11 is 0. The normalized spacial score (nSPS) is 11.0. The van der Waals surface area contributed by atoms with Crippen LogP contribution >= 0.6 is 0 Å². The Balaban J connectivity index is 1.96. The number of hydrogen-bond acceptors (Lipinski definition) is 4. The van der Waals surface area contributed by atoms with E-state index in [1.807, 2.05) is 12.1 Å². The maximum atomic E-state index is 12.1. The van der Waals surface area contributed by atoms with E-state index >= 15 is 0 Å². The number of carbonyl (C=O) groups is 1. The van der Waals surface area contributed by atoms with Gasteiger partial charge in [-0.3, -0.25) is 14.9 Å². The molecule has 0 amide bonds. The van der Waals surface area contributed by atoms with Crippen LogP contribution in [0.25, 0.3) is 6.08 Å². The molecule has 0 bridgehead atoms. The smallest absolute Gasteiger partial charge is 0.401 e. The Morgan fingerprint density at radius 1 is 1.17 bits per heavy atom. The van der Waals surface area contributed by atoms with Crippen molar-refractivity contribution in [3.8, 4) is 0 Å². The number of nitro groups is 1. The summed E-state index contributed by atoms with van der Waals surface area (Å²) in [5.74, 6) is -0.223. The average molecular weight is 313 g/mol. The highest BCUT2D eigenvalue weighted by Crippen LogP contribution is 2.17. The van der Waals surface area contributed by atoms with Crippen molar-refractivity contribution >= 4 is 17.7 Å². The number of furan rings is 1. The van der Waals surface area contributed by atoms with Crippen LogP contribution in [0, 0.1) is 10.1 Å². The number of rotatable bonds is 8. The molecular weight excluding hydrogens is 294 g/mol. The van der Waals surface area contributed by atoms with Gasteiger partial charge in [0.05, 0.1) is 6.07 Å². The molecule has 0 atom stereocenters. The first-order chi connectivity index (χ1) is 11.1. The molecule has 0 radical (unpaired) electrons. The molecule has 5 nitrogen and oxygen atoms in total. The van der Waals surface area contributed by atoms with Crippen LogP contribution in [0.1, 0.15) is 47.9 Å². The minimum atomic E-state index is -0.615. The number of hydrogen-bond donors (Lipinski definition) is 0. The van der Waals surface area contributed by atoms with Gasteiger partial charge in [-0.25, -0.2) is 0 Å². The topological polar surface area (TPSA) is 73.3 Å². The molecule has 120 valence electrons. The highest BCUT2D eigenvalue weighted by atomic mass is 16.6. The molecule has 0 saturated carbocycles. The number of unbranched alkanes of at least 4 members (excludes halogenated alkanes) is 2. The average Bonchev–Trinajstić information content (AvgIpc) is 3.03. The van der Waals surface area contributed by atoms with Crippen molar-refractivity contribution in [2.75, 3.05) is 0 Å². The SMILES string of the molecule is CCCCCc1ccc(C(=O)C=Cc2ccc([N+](=O)[O-])o2)cc1. The standard InChI is InChI=1S/C18H19NO4/c1-2-3-4-5-14-6-8-15(9-7-14)17(20)12-10-16-11-13-18(23-16)19(21)22/h6-13H,2-5H2,1H3. The van der Waals surface area contributed by atoms with Crippen molar-refractivity contribution in [2.45, 2.75) is 32.6 Å². The van der Waals surface area contributed by atoms with Gasteiger partial charge in [-0.05, 0) is 36.6 Å². The van der Waals surface area contributed by atoms with Crippen molar-refractivity contribution in [3.05, 3.63) is 69.5 Å². The molecule has 0 aliphatic carbocycles. The van der Waals surface area contributed by atoms with E-state index in [4.69, 9.17) is 4.42 Å². The lowest BCUT2D eigenvalue weighted by Gasteiger charge is -2.01. The molecule has 23 heavy (non-hydrogen) atoms. The van der Waals surface area contributed by atoms with Crippen molar-refractivity contribution in [2.24, 2.45) is 0 Å². The summed E-state index contributed by atoms with van der Waals surface area (Å²) in [5, 5.41) is 10.5. The fraction of sp³-hybridized carbons (Fsp3) is 0.278. The van der Waals surface area contributed by atoms with Crippen molar-refractivity contribution in [1.29, 1.82) is 0 Å². The Morgan fingerprint density at radius 3 is 2.52 bits per heavy atom. The number of nitrogens with zero attached hydrogens (tertiary/aromatic N) is 1. The maximum absolute atomic E-state index is 12.1. The van der Waals surface area contributed by atoms with E-state index in [0.29, 0.717) is 5.56 Å². The second kappa shape index (κ2) is 8.08. The van der Waals surface area contributed by atoms with Gasteiger partial charge in [0, 0.05) is 5.56 Å². The zero-order chi connectivity index (χ0) is 16.7. The summed E-state index contributed by atoms with van der Waals surface area (Å²) < 4.78 is 4.97. The largest absolute Gasteiger partial charge is 0.433 e. The van der Waals surface area contributed by atoms with E-state index in [-0.39, 0.29) is 17.4 Å². The maximum Gasteiger partial charge on any atom is 0.433 e. The number of carbonyl (C=O) groups excluding carboxylic acids is 1. The molecule has 0 fully saturated rings. The van der Waals surface area contributed by atoms with Gasteiger partial charge in [0.15, 0.2) is 5.78 Å². The van der Waals surface area contributed by atoms with E-state index in [1.165, 1.54) is 42.7 Å². The molecule has 1 aromatic heterocycles. The third-order valence-corrected chi connectivity index (χ3v) is 3.50. The monoisotopic (exact) mass is 313 g/mol. The first-order valence-electron chi connectivity index (χ1n) is 7.65. The summed E-state index contributed by atoms with van der Waals surface area (Å²) in [6, 6.07) is 10.3. The number of ketones is 1. The number of allylic oxidation sites excluding steroid dienone is 1. The van der Waals surface area contributed by atoms with Gasteiger partial charge in [0.2, 0.25) is 0 Å². The van der Waals surface area contributed by atoms with E-state index in [1.54, 1.807) is 12.1 Å². The molecule has 5 heteroatoms. The molecule has 0 aliphatic rings. The lowest BCUT2D eigenvalue weighted by molar-refractivity contribution is -0.402. The summed E-state index contributed by atoms with van der Waals surface area (Å²) in [7, 11) is 0. The molecule has 0 N–H and O–H groups in total. The van der Waals surface area contributed by atoms with Crippen LogP contribution in [-0.4, -0.2) is 10.7 Å². The zero-order valence-corrected chi connectivity index (χ0v) is 13.0. The zero-order valence-electron chi connectivity index (χ0n) is 13.0. The highest BCUT2D eigenvalue weighted by molar-refractivity contribution is 6.06. The Morgan fingerprint density at radius 2 is 1.91 bits per heavy atom. The van der Waals surface area contributed by atoms with Crippen LogP contribution < -0.4 is 0 Å². The molecule has 1 heterocycles. The third-order valence-electron chi connectivity index (χ3n) is 3.50. The van der Waals surface area contributed by atoms with Gasteiger partial charge < -0.3 is 4.42 Å². The van der Waals surface area contributed by atoms with Gasteiger partial charge in [-0.2, -0.15) is 0 Å². The Kier molecular flexibility index (Phi) is 5.86. The van der Waals surface area contributed by atoms with Crippen LogP contribution in [0.2, 0.25) is 0 Å². The molecule has 0 aliphatic heterocycles. The van der Waals surface area contributed by atoms with Crippen LogP contribution in [0.15, 0.2) is 46.9 Å². The predicted octanol–water partition coefficient (Wildman–Crippen LogP) is 4.82. The second-order valence-electron chi connectivity index (χ2n) is 5.28. The van der Waals surface area contributed by atoms with Crippen molar-refractivity contribution < 1.29 is 14.1 Å². The van der Waals surface area contributed by atoms with Crippen molar-refractivity contribution in [1.82, 2.24) is 0 Å². The predicted molar refractivity (Wildman–Crippen MR) is 88.4 cm³/mol. The lowest BCUT2D eigenvalue weighted by Crippen LogP contribution is -1.95. The number of aryl methyl sites for hydroxylation is 1. The van der Waals surface area contributed by atoms with E-state index in [2.05, 4.69) is 6.92 Å². The van der Waals surface area contributed by atoms with Crippen LogP contribution in [0.5, 0.6) is 0 Å². The fourth-order valence-electron chi connectivity index (χ4n) is 2.20. The molecule has 2 rings (SSSR count). The van der Waals surface area contributed by atoms with Crippen LogP contribution in [-0.2, 0) is 6.42 Å². The van der Waals surface area contributed by atoms with E-state index < -0.39 is 4.92 Å². The minimum Gasteiger partial charge on any atom is -0.401 e. The van der Waals surface area contributed by atoms with Gasteiger partial charge in [0.25, 0.3) is 0 Å². The van der Waals surface area contributed by atoms with E-state index in [0.717, 1.165) is 12.8 Å². The van der Waals surface area contributed by atoms with Gasteiger partial charge in [0.1, 0.15) is 10.7 Å². The quantitative estimate of drug-likeness (QED) is 0.230. The molecular formula is C18H19NO4. The third kappa shape index (κ3) is 4.92. The second-order valence-corrected chi connectivity index (χ2v) is 5.28. The van der Waals surface area contributed by atoms with Crippen LogP contribution in [0.3, 0.4) is 0 Å². The molecule has 1 aromatic carbocycles. The Hall–Kier alpha value is -2.69. The highest BCUT2D eigenvalue weighted by Gasteiger charge is 2.10. The first kappa shape index (κ1) is 16.7. The van der Waals surface area contributed by atoms with E-state index in [9.17, 15) is 14.9 Å². The van der Waals surface area contributed by atoms with Gasteiger partial charge >= 0.3 is 5.88 Å². The summed E-state index contributed by atoms with van der Waals surface area (Å²) in [6.07, 6.45) is 7.36. The molecule has 0 saturated heterocycles. The molecule has 2 aromatic rings. The lowest BCUT2D eigenvalue weighted by atomic mass is 10.0. The fourth-order valence-corrected chi connectivity index (χ4v) is 2.20. The van der Waals surface area contributed by atoms with Gasteiger partial charge in [-0.15, -0.1) is 0 Å². The number of benzene rings is 1. The molecule has 0 spiro atoms. The van der Waals surface area contributed by atoms with Gasteiger partial charge in [-0.1, -0.05) is 44.0 Å².